The van der Waals surface area contributed by atoms with Gasteiger partial charge >= 0.3 is 0 Å². The Balaban J connectivity index is 2.41. The van der Waals surface area contributed by atoms with E-state index in [9.17, 15) is 12.8 Å². The lowest BCUT2D eigenvalue weighted by molar-refractivity contribution is 0.598. The molecule has 2 aromatic rings. The van der Waals surface area contributed by atoms with Crippen molar-refractivity contribution in [3.05, 3.63) is 58.4 Å². The molecule has 0 heterocycles. The Morgan fingerprint density at radius 3 is 2.57 bits per heavy atom. The smallest absolute Gasteiger partial charge is 0.262 e. The summed E-state index contributed by atoms with van der Waals surface area (Å²) >= 11 is 5.95. The molecule has 0 aliphatic carbocycles. The summed E-state index contributed by atoms with van der Waals surface area (Å²) in [4.78, 5) is -0.0487. The minimum absolute atomic E-state index is 0.0487. The van der Waals surface area contributed by atoms with Crippen molar-refractivity contribution in [2.24, 2.45) is 5.73 Å². The van der Waals surface area contributed by atoms with Crippen molar-refractivity contribution in [2.45, 2.75) is 18.4 Å². The number of para-hydroxylation sites is 1. The number of nitrogens with two attached hydrogens (primary N) is 1. The molecule has 2 aromatic carbocycles. The highest BCUT2D eigenvalue weighted by Gasteiger charge is 2.18. The van der Waals surface area contributed by atoms with Crippen molar-refractivity contribution >= 4 is 27.3 Å². The number of sulfonamides is 1. The third-order valence-electron chi connectivity index (χ3n) is 3.01. The fraction of sp³-hybridized carbons (Fsp3) is 0.143. The quantitative estimate of drug-likeness (QED) is 0.906. The van der Waals surface area contributed by atoms with Crippen molar-refractivity contribution < 1.29 is 12.8 Å². The van der Waals surface area contributed by atoms with Crippen LogP contribution in [0.2, 0.25) is 5.02 Å². The highest BCUT2D eigenvalue weighted by Crippen LogP contribution is 2.25. The van der Waals surface area contributed by atoms with Gasteiger partial charge in [-0.15, -0.1) is 0 Å². The van der Waals surface area contributed by atoms with Crippen LogP contribution in [0, 0.1) is 12.7 Å². The molecule has 0 spiro atoms. The molecular formula is C14H14ClFN2O2S. The molecule has 0 bridgehead atoms. The normalized spacial score (nSPS) is 11.4. The summed E-state index contributed by atoms with van der Waals surface area (Å²) < 4.78 is 40.5. The molecule has 4 nitrogen and oxygen atoms in total. The van der Waals surface area contributed by atoms with Gasteiger partial charge in [-0.25, -0.2) is 12.8 Å². The molecule has 3 N–H and O–H groups in total. The number of aryl methyl sites for hydroxylation is 1. The standard InChI is InChI=1S/C14H14ClFN2O2S/c1-9-3-2-4-13(16)14(9)18-21(19,20)11-6-5-10(8-17)12(15)7-11/h2-7,18H,8,17H2,1H3. The number of nitrogens with one attached hydrogen (secondary N) is 1. The van der Waals surface area contributed by atoms with E-state index in [1.54, 1.807) is 13.0 Å². The van der Waals surface area contributed by atoms with E-state index in [-0.39, 0.29) is 22.2 Å². The Labute approximate surface area is 127 Å². The van der Waals surface area contributed by atoms with E-state index in [1.807, 2.05) is 0 Å². The molecule has 112 valence electrons. The van der Waals surface area contributed by atoms with Crippen LogP contribution < -0.4 is 10.5 Å². The van der Waals surface area contributed by atoms with Crippen LogP contribution in [-0.2, 0) is 16.6 Å². The van der Waals surface area contributed by atoms with Gasteiger partial charge in [-0.3, -0.25) is 4.72 Å². The summed E-state index contributed by atoms with van der Waals surface area (Å²) in [7, 11) is -3.92. The summed E-state index contributed by atoms with van der Waals surface area (Å²) in [6.07, 6.45) is 0. The maximum Gasteiger partial charge on any atom is 0.262 e. The van der Waals surface area contributed by atoms with Crippen LogP contribution in [0.25, 0.3) is 0 Å². The second-order valence-electron chi connectivity index (χ2n) is 4.49. The number of hydrogen-bond donors (Lipinski definition) is 2. The molecule has 0 aliphatic rings. The Kier molecular flexibility index (Phi) is 4.51. The zero-order valence-corrected chi connectivity index (χ0v) is 12.8. The molecule has 2 rings (SSSR count). The van der Waals surface area contributed by atoms with E-state index in [0.29, 0.717) is 11.1 Å². The predicted octanol–water partition coefficient (Wildman–Crippen LogP) is 3.05. The van der Waals surface area contributed by atoms with Crippen LogP contribution in [0.3, 0.4) is 0 Å². The van der Waals surface area contributed by atoms with E-state index in [0.717, 1.165) is 0 Å². The first-order valence-electron chi connectivity index (χ1n) is 6.11. The first-order chi connectivity index (χ1) is 9.85. The Hall–Kier alpha value is -1.63. The van der Waals surface area contributed by atoms with E-state index < -0.39 is 15.8 Å². The fourth-order valence-corrected chi connectivity index (χ4v) is 3.30. The molecule has 0 aliphatic heterocycles. The molecule has 0 saturated heterocycles. The molecule has 0 saturated carbocycles. The fourth-order valence-electron chi connectivity index (χ4n) is 1.82. The van der Waals surface area contributed by atoms with Crippen molar-refractivity contribution in [3.63, 3.8) is 0 Å². The van der Waals surface area contributed by atoms with Gasteiger partial charge in [-0.2, -0.15) is 0 Å². The average molecular weight is 329 g/mol. The summed E-state index contributed by atoms with van der Waals surface area (Å²) in [5, 5.41) is 0.255. The maximum absolute atomic E-state index is 13.7. The van der Waals surface area contributed by atoms with Gasteiger partial charge < -0.3 is 5.73 Å². The van der Waals surface area contributed by atoms with Crippen molar-refractivity contribution in [1.29, 1.82) is 0 Å². The zero-order valence-electron chi connectivity index (χ0n) is 11.2. The molecule has 0 aromatic heterocycles. The van der Waals surface area contributed by atoms with Crippen LogP contribution in [0.4, 0.5) is 10.1 Å². The maximum atomic E-state index is 13.7. The topological polar surface area (TPSA) is 72.2 Å². The minimum atomic E-state index is -3.92. The van der Waals surface area contributed by atoms with Crippen LogP contribution in [0.1, 0.15) is 11.1 Å². The van der Waals surface area contributed by atoms with E-state index in [2.05, 4.69) is 4.72 Å². The van der Waals surface area contributed by atoms with Gasteiger partial charge in [-0.05, 0) is 36.2 Å². The molecule has 0 fully saturated rings. The SMILES string of the molecule is Cc1cccc(F)c1NS(=O)(=O)c1ccc(CN)c(Cl)c1. The predicted molar refractivity (Wildman–Crippen MR) is 81.3 cm³/mol. The average Bonchev–Trinajstić information content (AvgIpc) is 2.43. The highest BCUT2D eigenvalue weighted by molar-refractivity contribution is 7.92. The molecule has 0 amide bonds. The third kappa shape index (κ3) is 3.34. The van der Waals surface area contributed by atoms with Gasteiger partial charge in [0, 0.05) is 11.6 Å². The number of anilines is 1. The lowest BCUT2D eigenvalue weighted by Gasteiger charge is -2.12. The second kappa shape index (κ2) is 6.01. The second-order valence-corrected chi connectivity index (χ2v) is 6.58. The number of hydrogen-bond acceptors (Lipinski definition) is 3. The van der Waals surface area contributed by atoms with Crippen LogP contribution in [0.5, 0.6) is 0 Å². The molecule has 0 radical (unpaired) electrons. The molecule has 21 heavy (non-hydrogen) atoms. The monoisotopic (exact) mass is 328 g/mol. The third-order valence-corrected chi connectivity index (χ3v) is 4.71. The van der Waals surface area contributed by atoms with Gasteiger partial charge in [0.15, 0.2) is 0 Å². The van der Waals surface area contributed by atoms with Gasteiger partial charge in [0.2, 0.25) is 0 Å². The minimum Gasteiger partial charge on any atom is -0.326 e. The van der Waals surface area contributed by atoms with Gasteiger partial charge in [0.1, 0.15) is 5.82 Å². The van der Waals surface area contributed by atoms with E-state index in [1.165, 1.54) is 30.3 Å². The van der Waals surface area contributed by atoms with Crippen LogP contribution >= 0.6 is 11.6 Å². The van der Waals surface area contributed by atoms with Crippen LogP contribution in [0.15, 0.2) is 41.3 Å². The summed E-state index contributed by atoms with van der Waals surface area (Å²) in [6, 6.07) is 8.52. The lowest BCUT2D eigenvalue weighted by Crippen LogP contribution is -2.15. The van der Waals surface area contributed by atoms with Crippen molar-refractivity contribution in [1.82, 2.24) is 0 Å². The Bertz CT molecular complexity index is 758. The van der Waals surface area contributed by atoms with Crippen LogP contribution in [-0.4, -0.2) is 8.42 Å². The van der Waals surface area contributed by atoms with E-state index in [4.69, 9.17) is 17.3 Å². The van der Waals surface area contributed by atoms with Gasteiger partial charge in [0.25, 0.3) is 10.0 Å². The molecule has 0 atom stereocenters. The largest absolute Gasteiger partial charge is 0.326 e. The summed E-state index contributed by atoms with van der Waals surface area (Å²) in [6.45, 7) is 1.82. The summed E-state index contributed by atoms with van der Waals surface area (Å²) in [5.41, 5.74) is 6.53. The summed E-state index contributed by atoms with van der Waals surface area (Å²) in [5.74, 6) is -0.636. The highest BCUT2D eigenvalue weighted by atomic mass is 35.5. The zero-order chi connectivity index (χ0) is 15.6. The number of benzene rings is 2. The van der Waals surface area contributed by atoms with Crippen molar-refractivity contribution in [2.75, 3.05) is 4.72 Å². The first-order valence-corrected chi connectivity index (χ1v) is 7.97. The first kappa shape index (κ1) is 15.8. The molecular weight excluding hydrogens is 315 g/mol. The van der Waals surface area contributed by atoms with Gasteiger partial charge in [-0.1, -0.05) is 29.8 Å². The Morgan fingerprint density at radius 1 is 1.29 bits per heavy atom. The van der Waals surface area contributed by atoms with Crippen molar-refractivity contribution in [3.8, 4) is 0 Å². The lowest BCUT2D eigenvalue weighted by atomic mass is 10.2. The molecule has 0 unspecified atom stereocenters. The van der Waals surface area contributed by atoms with E-state index >= 15 is 0 Å². The number of rotatable bonds is 4. The number of halogens is 2. The molecule has 7 heteroatoms. The van der Waals surface area contributed by atoms with Gasteiger partial charge in [0.05, 0.1) is 10.6 Å². The Morgan fingerprint density at radius 2 is 2.00 bits per heavy atom.